The van der Waals surface area contributed by atoms with Crippen LogP contribution < -0.4 is 0 Å². The second-order valence-electron chi connectivity index (χ2n) is 10.3. The lowest BCUT2D eigenvalue weighted by atomic mass is 9.47. The average Bonchev–Trinajstić information content (AvgIpc) is 3.03. The van der Waals surface area contributed by atoms with Gasteiger partial charge in [-0.15, -0.1) is 0 Å². The van der Waals surface area contributed by atoms with Crippen molar-refractivity contribution in [2.45, 2.75) is 78.2 Å². The highest BCUT2D eigenvalue weighted by Gasteiger charge is 2.59. The van der Waals surface area contributed by atoms with Crippen LogP contribution in [-0.4, -0.2) is 34.6 Å². The van der Waals surface area contributed by atoms with Gasteiger partial charge in [0.05, 0.1) is 11.8 Å². The minimum atomic E-state index is -1.07. The van der Waals surface area contributed by atoms with Crippen molar-refractivity contribution in [3.05, 3.63) is 11.6 Å². The van der Waals surface area contributed by atoms with Gasteiger partial charge in [-0.2, -0.15) is 4.89 Å². The molecule has 0 amide bonds. The van der Waals surface area contributed by atoms with Crippen molar-refractivity contribution >= 4 is 11.7 Å². The fraction of sp³-hybridized carbons (Fsp3) is 0.826. The number of hydrogen-bond acceptors (Lipinski definition) is 5. The highest BCUT2D eigenvalue weighted by atomic mass is 17.3. The van der Waals surface area contributed by atoms with Gasteiger partial charge in [-0.3, -0.25) is 0 Å². The smallest absolute Gasteiger partial charge is 0.334 e. The highest BCUT2D eigenvalue weighted by molar-refractivity contribution is 5.85. The molecule has 0 aromatic heterocycles. The number of carboxylic acid groups (broad SMARTS) is 1. The van der Waals surface area contributed by atoms with E-state index in [4.69, 9.17) is 10.1 Å². The molecule has 6 nitrogen and oxygen atoms in total. The number of allylic oxidation sites excluding steroid dienone is 1. The summed E-state index contributed by atoms with van der Waals surface area (Å²) < 4.78 is 0. The number of oxime groups is 1. The van der Waals surface area contributed by atoms with Gasteiger partial charge in [0.2, 0.25) is 0 Å². The number of aliphatic carboxylic acids is 1. The van der Waals surface area contributed by atoms with Crippen LogP contribution in [0.1, 0.15) is 72.1 Å². The fourth-order valence-electron chi connectivity index (χ4n) is 7.55. The Morgan fingerprint density at radius 3 is 2.76 bits per heavy atom. The lowest BCUT2D eigenvalue weighted by Crippen LogP contribution is -2.50. The summed E-state index contributed by atoms with van der Waals surface area (Å²) in [6.07, 6.45) is 11.1. The molecule has 3 saturated carbocycles. The molecule has 0 spiro atoms. The van der Waals surface area contributed by atoms with E-state index < -0.39 is 12.6 Å². The molecule has 4 aliphatic carbocycles. The van der Waals surface area contributed by atoms with Crippen LogP contribution >= 0.6 is 0 Å². The molecule has 0 saturated heterocycles. The van der Waals surface area contributed by atoms with E-state index in [-0.39, 0.29) is 16.9 Å². The third-order valence-electron chi connectivity index (χ3n) is 9.00. The molecule has 29 heavy (non-hydrogen) atoms. The van der Waals surface area contributed by atoms with Crippen LogP contribution in [0.5, 0.6) is 0 Å². The molecular formula is C23H35NO5. The molecule has 4 rings (SSSR count). The van der Waals surface area contributed by atoms with Crippen molar-refractivity contribution in [1.82, 2.24) is 0 Å². The normalized spacial score (nSPS) is 44.3. The third kappa shape index (κ3) is 3.52. The maximum absolute atomic E-state index is 10.5. The second-order valence-corrected chi connectivity index (χ2v) is 10.3. The number of rotatable bonds is 5. The number of aliphatic hydroxyl groups excluding tert-OH is 1. The lowest BCUT2D eigenvalue weighted by molar-refractivity contribution is -0.293. The Morgan fingerprint density at radius 1 is 1.21 bits per heavy atom. The molecule has 0 bridgehead atoms. The number of fused-ring (bicyclic) bond motifs is 5. The van der Waals surface area contributed by atoms with E-state index in [1.165, 1.54) is 24.8 Å². The minimum absolute atomic E-state index is 0.155. The zero-order chi connectivity index (χ0) is 20.8. The largest absolute Gasteiger partial charge is 0.479 e. The van der Waals surface area contributed by atoms with Crippen LogP contribution in [0.2, 0.25) is 0 Å². The maximum atomic E-state index is 10.5. The van der Waals surface area contributed by atoms with E-state index in [1.54, 1.807) is 0 Å². The molecule has 2 N–H and O–H groups in total. The average molecular weight is 406 g/mol. The summed E-state index contributed by atoms with van der Waals surface area (Å²) in [6.45, 7) is 6.36. The molecule has 0 aliphatic heterocycles. The standard InChI is InChI=1S/C23H35NO5/c1-14(24-29-28-13-21(26)27)18-6-7-19-17-5-4-15-12-16(25)8-10-22(15,2)20(17)9-11-23(18,19)3/h4,16-20,25H,5-13H2,1-3H3,(H,26,27)/t16?,17-,18+,19-,20-,22-,23+/m0/s1. The van der Waals surface area contributed by atoms with Crippen LogP contribution in [0.15, 0.2) is 16.8 Å². The van der Waals surface area contributed by atoms with Gasteiger partial charge >= 0.3 is 5.97 Å². The molecular weight excluding hydrogens is 370 g/mol. The van der Waals surface area contributed by atoms with E-state index in [0.717, 1.165) is 43.7 Å². The fourth-order valence-corrected chi connectivity index (χ4v) is 7.55. The Bertz CT molecular complexity index is 718. The van der Waals surface area contributed by atoms with Crippen molar-refractivity contribution in [1.29, 1.82) is 0 Å². The van der Waals surface area contributed by atoms with Crippen molar-refractivity contribution < 1.29 is 24.9 Å². The molecule has 1 unspecified atom stereocenters. The van der Waals surface area contributed by atoms with Crippen LogP contribution in [0.3, 0.4) is 0 Å². The number of carboxylic acids is 1. The molecule has 0 aromatic rings. The van der Waals surface area contributed by atoms with Gasteiger partial charge in [0.15, 0.2) is 6.61 Å². The van der Waals surface area contributed by atoms with Gasteiger partial charge < -0.3 is 10.2 Å². The van der Waals surface area contributed by atoms with Crippen molar-refractivity contribution in [3.8, 4) is 0 Å². The molecule has 162 valence electrons. The van der Waals surface area contributed by atoms with Crippen molar-refractivity contribution in [2.75, 3.05) is 6.61 Å². The van der Waals surface area contributed by atoms with Gasteiger partial charge in [-0.25, -0.2) is 9.78 Å². The first-order chi connectivity index (χ1) is 13.8. The van der Waals surface area contributed by atoms with Crippen LogP contribution in [0.4, 0.5) is 0 Å². The Balaban J connectivity index is 1.50. The number of carbonyl (C=O) groups is 1. The summed E-state index contributed by atoms with van der Waals surface area (Å²) in [5, 5.41) is 22.9. The van der Waals surface area contributed by atoms with Gasteiger partial charge in [0, 0.05) is 5.92 Å². The quantitative estimate of drug-likeness (QED) is 0.234. The summed E-state index contributed by atoms with van der Waals surface area (Å²) >= 11 is 0. The van der Waals surface area contributed by atoms with Crippen LogP contribution in [0, 0.1) is 34.5 Å². The predicted molar refractivity (Wildman–Crippen MR) is 109 cm³/mol. The highest BCUT2D eigenvalue weighted by Crippen LogP contribution is 2.66. The lowest BCUT2D eigenvalue weighted by Gasteiger charge is -2.58. The summed E-state index contributed by atoms with van der Waals surface area (Å²) in [4.78, 5) is 20.0. The maximum Gasteiger partial charge on any atom is 0.334 e. The van der Waals surface area contributed by atoms with Gasteiger partial charge in [0.1, 0.15) is 0 Å². The molecule has 4 aliphatic rings. The van der Waals surface area contributed by atoms with Gasteiger partial charge in [0.25, 0.3) is 0 Å². The Morgan fingerprint density at radius 2 is 2.00 bits per heavy atom. The van der Waals surface area contributed by atoms with E-state index in [9.17, 15) is 9.90 Å². The first-order valence-corrected chi connectivity index (χ1v) is 11.2. The summed E-state index contributed by atoms with van der Waals surface area (Å²) in [5.74, 6) is 1.39. The Labute approximate surface area is 173 Å². The summed E-state index contributed by atoms with van der Waals surface area (Å²) in [7, 11) is 0. The zero-order valence-electron chi connectivity index (χ0n) is 17.9. The summed E-state index contributed by atoms with van der Waals surface area (Å²) in [5.41, 5.74) is 2.90. The minimum Gasteiger partial charge on any atom is -0.479 e. The molecule has 6 heteroatoms. The molecule has 0 radical (unpaired) electrons. The SMILES string of the molecule is CC(=NOOCC(=O)O)[C@H]1CC[C@H]2[C@@H]3CC=C4CC(O)CC[C@]4(C)[C@H]3CC[C@]12C. The summed E-state index contributed by atoms with van der Waals surface area (Å²) in [6, 6.07) is 0. The topological polar surface area (TPSA) is 88.4 Å². The first-order valence-electron chi connectivity index (χ1n) is 11.2. The van der Waals surface area contributed by atoms with E-state index in [2.05, 4.69) is 30.0 Å². The number of hydrogen-bond donors (Lipinski definition) is 2. The first kappa shape index (κ1) is 20.9. The molecule has 0 aromatic carbocycles. The monoisotopic (exact) mass is 405 g/mol. The van der Waals surface area contributed by atoms with Crippen molar-refractivity contribution in [3.63, 3.8) is 0 Å². The van der Waals surface area contributed by atoms with Gasteiger partial charge in [-0.1, -0.05) is 30.7 Å². The Kier molecular flexibility index (Phi) is 5.53. The third-order valence-corrected chi connectivity index (χ3v) is 9.00. The van der Waals surface area contributed by atoms with E-state index in [1.807, 2.05) is 6.92 Å². The molecule has 0 heterocycles. The predicted octanol–water partition coefficient (Wildman–Crippen LogP) is 4.34. The van der Waals surface area contributed by atoms with Crippen molar-refractivity contribution in [2.24, 2.45) is 39.7 Å². The van der Waals surface area contributed by atoms with Crippen LogP contribution in [0.25, 0.3) is 0 Å². The Hall–Kier alpha value is -1.40. The number of aliphatic hydroxyl groups is 1. The van der Waals surface area contributed by atoms with Crippen LogP contribution in [-0.2, 0) is 14.7 Å². The number of nitrogens with zero attached hydrogens (tertiary/aromatic N) is 1. The van der Waals surface area contributed by atoms with E-state index in [0.29, 0.717) is 17.8 Å². The van der Waals surface area contributed by atoms with Gasteiger partial charge in [-0.05, 0) is 86.9 Å². The molecule has 7 atom stereocenters. The zero-order valence-corrected chi connectivity index (χ0v) is 17.9. The van der Waals surface area contributed by atoms with E-state index >= 15 is 0 Å². The molecule has 3 fully saturated rings. The second kappa shape index (κ2) is 7.69.